The van der Waals surface area contributed by atoms with Crippen LogP contribution in [0.4, 0.5) is 10.1 Å². The molecule has 0 unspecified atom stereocenters. The van der Waals surface area contributed by atoms with E-state index in [2.05, 4.69) is 10.3 Å². The zero-order valence-electron chi connectivity index (χ0n) is 10.7. The first-order valence-electron chi connectivity index (χ1n) is 6.31. The lowest BCUT2D eigenvalue weighted by Gasteiger charge is -2.04. The molecule has 1 heterocycles. The number of rotatable bonds is 4. The van der Waals surface area contributed by atoms with Crippen LogP contribution in [0.25, 0.3) is 11.5 Å². The van der Waals surface area contributed by atoms with Gasteiger partial charge in [0.1, 0.15) is 12.1 Å². The summed E-state index contributed by atoms with van der Waals surface area (Å²) < 4.78 is 18.9. The van der Waals surface area contributed by atoms with Crippen LogP contribution in [0.15, 0.2) is 65.3 Å². The number of nitrogens with one attached hydrogen (secondary N) is 1. The topological polar surface area (TPSA) is 38.1 Å². The highest BCUT2D eigenvalue weighted by Crippen LogP contribution is 2.19. The third-order valence-electron chi connectivity index (χ3n) is 2.91. The largest absolute Gasteiger partial charge is 0.444 e. The maximum absolute atomic E-state index is 13.5. The summed E-state index contributed by atoms with van der Waals surface area (Å²) in [5, 5.41) is 3.00. The summed E-state index contributed by atoms with van der Waals surface area (Å²) in [6.45, 7) is 0.414. The molecule has 2 aromatic carbocycles. The van der Waals surface area contributed by atoms with E-state index in [4.69, 9.17) is 4.42 Å². The Morgan fingerprint density at radius 2 is 1.75 bits per heavy atom. The molecule has 0 aliphatic heterocycles. The molecule has 100 valence electrons. The van der Waals surface area contributed by atoms with E-state index in [1.54, 1.807) is 24.5 Å². The Hall–Kier alpha value is -2.62. The van der Waals surface area contributed by atoms with E-state index in [0.29, 0.717) is 18.1 Å². The van der Waals surface area contributed by atoms with Crippen molar-refractivity contribution in [1.82, 2.24) is 4.98 Å². The Kier molecular flexibility index (Phi) is 3.46. The molecule has 0 saturated heterocycles. The predicted octanol–water partition coefficient (Wildman–Crippen LogP) is 4.09. The lowest BCUT2D eigenvalue weighted by molar-refractivity contribution is 0.573. The number of halogens is 1. The molecule has 0 saturated carbocycles. The van der Waals surface area contributed by atoms with Crippen LogP contribution in [0, 0.1) is 5.82 Å². The molecular weight excluding hydrogens is 255 g/mol. The quantitative estimate of drug-likeness (QED) is 0.774. The number of aromatic nitrogens is 1. The summed E-state index contributed by atoms with van der Waals surface area (Å²) in [6, 6.07) is 16.2. The molecule has 0 radical (unpaired) electrons. The molecule has 1 N–H and O–H groups in total. The van der Waals surface area contributed by atoms with Gasteiger partial charge in [-0.1, -0.05) is 30.3 Å². The molecule has 1 aromatic heterocycles. The molecule has 0 amide bonds. The molecule has 20 heavy (non-hydrogen) atoms. The number of anilines is 1. The highest BCUT2D eigenvalue weighted by Gasteiger charge is 2.06. The molecule has 0 atom stereocenters. The van der Waals surface area contributed by atoms with Gasteiger partial charge < -0.3 is 9.73 Å². The smallest absolute Gasteiger partial charge is 0.226 e. The Morgan fingerprint density at radius 1 is 1.00 bits per heavy atom. The zero-order valence-corrected chi connectivity index (χ0v) is 10.7. The van der Waals surface area contributed by atoms with Gasteiger partial charge in [-0.3, -0.25) is 0 Å². The lowest BCUT2D eigenvalue weighted by atomic mass is 10.2. The molecule has 0 aliphatic rings. The first kappa shape index (κ1) is 12.4. The standard InChI is InChI=1S/C16H13FN2O/c17-14-8-4-5-9-15(14)18-10-13-11-20-16(19-13)12-6-2-1-3-7-12/h1-9,11,18H,10H2. The highest BCUT2D eigenvalue weighted by molar-refractivity contribution is 5.52. The van der Waals surface area contributed by atoms with Gasteiger partial charge in [0.2, 0.25) is 5.89 Å². The average molecular weight is 268 g/mol. The van der Waals surface area contributed by atoms with E-state index in [1.165, 1.54) is 6.07 Å². The second-order valence-electron chi connectivity index (χ2n) is 4.34. The van der Waals surface area contributed by atoms with Crippen molar-refractivity contribution >= 4 is 5.69 Å². The Morgan fingerprint density at radius 3 is 2.55 bits per heavy atom. The average Bonchev–Trinajstić information content (AvgIpc) is 2.96. The number of benzene rings is 2. The van der Waals surface area contributed by atoms with Crippen molar-refractivity contribution in [3.8, 4) is 11.5 Å². The third kappa shape index (κ3) is 2.69. The van der Waals surface area contributed by atoms with Gasteiger partial charge in [-0.25, -0.2) is 9.37 Å². The van der Waals surface area contributed by atoms with E-state index in [0.717, 1.165) is 11.3 Å². The van der Waals surface area contributed by atoms with Crippen molar-refractivity contribution in [3.05, 3.63) is 72.4 Å². The Balaban J connectivity index is 1.71. The van der Waals surface area contributed by atoms with Crippen molar-refractivity contribution in [1.29, 1.82) is 0 Å². The molecule has 0 aliphatic carbocycles. The minimum atomic E-state index is -0.278. The fraction of sp³-hybridized carbons (Fsp3) is 0.0625. The summed E-state index contributed by atoms with van der Waals surface area (Å²) >= 11 is 0. The van der Waals surface area contributed by atoms with Gasteiger partial charge in [0.25, 0.3) is 0 Å². The molecule has 3 nitrogen and oxygen atoms in total. The van der Waals surface area contributed by atoms with Crippen LogP contribution in [0.3, 0.4) is 0 Å². The van der Waals surface area contributed by atoms with Crippen LogP contribution in [-0.4, -0.2) is 4.98 Å². The second-order valence-corrected chi connectivity index (χ2v) is 4.34. The Bertz CT molecular complexity index is 694. The van der Waals surface area contributed by atoms with Crippen LogP contribution in [0.2, 0.25) is 0 Å². The van der Waals surface area contributed by atoms with Crippen LogP contribution in [0.5, 0.6) is 0 Å². The van der Waals surface area contributed by atoms with Crippen molar-refractivity contribution in [2.45, 2.75) is 6.54 Å². The normalized spacial score (nSPS) is 10.4. The van der Waals surface area contributed by atoms with E-state index in [1.807, 2.05) is 30.3 Å². The summed E-state index contributed by atoms with van der Waals surface area (Å²) in [5.74, 6) is 0.287. The summed E-state index contributed by atoms with van der Waals surface area (Å²) in [5.41, 5.74) is 2.11. The van der Waals surface area contributed by atoms with E-state index in [-0.39, 0.29) is 5.82 Å². The minimum Gasteiger partial charge on any atom is -0.444 e. The molecule has 3 rings (SSSR count). The fourth-order valence-corrected chi connectivity index (χ4v) is 1.89. The van der Waals surface area contributed by atoms with Gasteiger partial charge in [0, 0.05) is 5.56 Å². The summed E-state index contributed by atoms with van der Waals surface area (Å²) in [4.78, 5) is 4.37. The number of hydrogen-bond acceptors (Lipinski definition) is 3. The maximum Gasteiger partial charge on any atom is 0.226 e. The molecule has 0 fully saturated rings. The van der Waals surface area contributed by atoms with Crippen LogP contribution >= 0.6 is 0 Å². The number of oxazole rings is 1. The van der Waals surface area contributed by atoms with Crippen LogP contribution < -0.4 is 5.32 Å². The molecule has 0 spiro atoms. The van der Waals surface area contributed by atoms with Gasteiger partial charge >= 0.3 is 0 Å². The zero-order chi connectivity index (χ0) is 13.8. The minimum absolute atomic E-state index is 0.278. The van der Waals surface area contributed by atoms with Crippen LogP contribution in [0.1, 0.15) is 5.69 Å². The van der Waals surface area contributed by atoms with Gasteiger partial charge in [0.05, 0.1) is 17.9 Å². The molecular formula is C16H13FN2O. The van der Waals surface area contributed by atoms with Crippen LogP contribution in [-0.2, 0) is 6.54 Å². The van der Waals surface area contributed by atoms with Gasteiger partial charge in [-0.2, -0.15) is 0 Å². The maximum atomic E-state index is 13.5. The number of para-hydroxylation sites is 1. The van der Waals surface area contributed by atoms with Crippen molar-refractivity contribution in [3.63, 3.8) is 0 Å². The van der Waals surface area contributed by atoms with Crippen molar-refractivity contribution in [2.75, 3.05) is 5.32 Å². The monoisotopic (exact) mass is 268 g/mol. The molecule has 0 bridgehead atoms. The Labute approximate surface area is 116 Å². The first-order valence-corrected chi connectivity index (χ1v) is 6.31. The van der Waals surface area contributed by atoms with Gasteiger partial charge in [-0.05, 0) is 24.3 Å². The van der Waals surface area contributed by atoms with E-state index < -0.39 is 0 Å². The fourth-order valence-electron chi connectivity index (χ4n) is 1.89. The predicted molar refractivity (Wildman–Crippen MR) is 75.7 cm³/mol. The number of hydrogen-bond donors (Lipinski definition) is 1. The SMILES string of the molecule is Fc1ccccc1NCc1coc(-c2ccccc2)n1. The summed E-state index contributed by atoms with van der Waals surface area (Å²) in [7, 11) is 0. The molecule has 4 heteroatoms. The van der Waals surface area contributed by atoms with Gasteiger partial charge in [-0.15, -0.1) is 0 Å². The third-order valence-corrected chi connectivity index (χ3v) is 2.91. The van der Waals surface area contributed by atoms with Crippen molar-refractivity contribution in [2.24, 2.45) is 0 Å². The summed E-state index contributed by atoms with van der Waals surface area (Å²) in [6.07, 6.45) is 1.58. The number of nitrogens with zero attached hydrogens (tertiary/aromatic N) is 1. The highest BCUT2D eigenvalue weighted by atomic mass is 19.1. The van der Waals surface area contributed by atoms with Gasteiger partial charge in [0.15, 0.2) is 0 Å². The van der Waals surface area contributed by atoms with E-state index >= 15 is 0 Å². The van der Waals surface area contributed by atoms with E-state index in [9.17, 15) is 4.39 Å². The first-order chi connectivity index (χ1) is 9.83. The second kappa shape index (κ2) is 5.57. The van der Waals surface area contributed by atoms with Crippen molar-refractivity contribution < 1.29 is 8.81 Å². The lowest BCUT2D eigenvalue weighted by Crippen LogP contribution is -2.01. The molecule has 3 aromatic rings.